The SMILES string of the molecule is CCC(C)(CC(C)(CC(C)(C)C(=O)OC(C)(C)C12CC3CC(CC(C3)C1)C2)C(=O)OC1CCOC1=O)C(=O)OC12CC3CC(CC(O)(C3)C1)C2. The maximum absolute atomic E-state index is 14.4. The molecule has 0 aromatic heterocycles. The zero-order valence-electron chi connectivity index (χ0n) is 31.7. The van der Waals surface area contributed by atoms with Crippen LogP contribution in [0.5, 0.6) is 0 Å². The van der Waals surface area contributed by atoms with E-state index in [1.165, 1.54) is 19.3 Å². The number of cyclic esters (lactones) is 1. The van der Waals surface area contributed by atoms with E-state index < -0.39 is 51.1 Å². The first-order chi connectivity index (χ1) is 23.2. The summed E-state index contributed by atoms with van der Waals surface area (Å²) in [5, 5.41) is 11.3. The predicted octanol–water partition coefficient (Wildman–Crippen LogP) is 7.24. The molecule has 0 spiro atoms. The van der Waals surface area contributed by atoms with Crippen LogP contribution in [0.4, 0.5) is 0 Å². The van der Waals surface area contributed by atoms with Crippen LogP contribution < -0.4 is 0 Å². The molecule has 9 rings (SSSR count). The number of hydrogen-bond donors (Lipinski definition) is 1. The Hall–Kier alpha value is -2.16. The van der Waals surface area contributed by atoms with Crippen LogP contribution in [0.3, 0.4) is 0 Å². The zero-order chi connectivity index (χ0) is 36.1. The Morgan fingerprint density at radius 1 is 0.760 bits per heavy atom. The van der Waals surface area contributed by atoms with Crippen molar-refractivity contribution in [1.29, 1.82) is 0 Å². The Morgan fingerprint density at radius 3 is 1.82 bits per heavy atom. The molecule has 5 unspecified atom stereocenters. The fraction of sp³-hybridized carbons (Fsp3) is 0.902. The van der Waals surface area contributed by atoms with E-state index in [1.54, 1.807) is 6.92 Å². The number of aliphatic hydroxyl groups is 1. The minimum absolute atomic E-state index is 0.0342. The second-order valence-electron chi connectivity index (χ2n) is 20.4. The molecule has 0 aromatic rings. The number of carbonyl (C=O) groups excluding carboxylic acids is 4. The minimum atomic E-state index is -1.33. The molecule has 9 fully saturated rings. The summed E-state index contributed by atoms with van der Waals surface area (Å²) in [6.07, 6.45) is 11.6. The van der Waals surface area contributed by atoms with E-state index in [9.17, 15) is 24.3 Å². The van der Waals surface area contributed by atoms with Gasteiger partial charge in [-0.05, 0) is 161 Å². The second kappa shape index (κ2) is 11.9. The molecule has 9 nitrogen and oxygen atoms in total. The molecular weight excluding hydrogens is 636 g/mol. The van der Waals surface area contributed by atoms with E-state index in [1.807, 2.05) is 27.7 Å². The largest absolute Gasteiger partial charge is 0.463 e. The van der Waals surface area contributed by atoms with E-state index in [-0.39, 0.29) is 43.2 Å². The molecule has 8 bridgehead atoms. The van der Waals surface area contributed by atoms with Crippen LogP contribution in [0.1, 0.15) is 151 Å². The topological polar surface area (TPSA) is 125 Å². The molecule has 8 aliphatic carbocycles. The van der Waals surface area contributed by atoms with Crippen molar-refractivity contribution in [2.75, 3.05) is 6.61 Å². The molecule has 5 atom stereocenters. The third kappa shape index (κ3) is 6.31. The van der Waals surface area contributed by atoms with Gasteiger partial charge in [0.25, 0.3) is 0 Å². The minimum Gasteiger partial charge on any atom is -0.463 e. The summed E-state index contributed by atoms with van der Waals surface area (Å²) in [6, 6.07) is 0. The van der Waals surface area contributed by atoms with Crippen molar-refractivity contribution in [3.8, 4) is 0 Å². The molecule has 1 heterocycles. The molecule has 280 valence electrons. The summed E-state index contributed by atoms with van der Waals surface area (Å²) >= 11 is 0. The van der Waals surface area contributed by atoms with Crippen LogP contribution in [0, 0.1) is 51.2 Å². The van der Waals surface area contributed by atoms with Crippen molar-refractivity contribution in [3.05, 3.63) is 0 Å². The first-order valence-electron chi connectivity index (χ1n) is 19.8. The van der Waals surface area contributed by atoms with Gasteiger partial charge in [-0.15, -0.1) is 0 Å². The summed E-state index contributed by atoms with van der Waals surface area (Å²) < 4.78 is 24.0. The summed E-state index contributed by atoms with van der Waals surface area (Å²) in [4.78, 5) is 55.4. The van der Waals surface area contributed by atoms with Crippen molar-refractivity contribution in [2.45, 2.75) is 174 Å². The number of carbonyl (C=O) groups is 4. The van der Waals surface area contributed by atoms with E-state index >= 15 is 0 Å². The van der Waals surface area contributed by atoms with Crippen molar-refractivity contribution >= 4 is 23.9 Å². The van der Waals surface area contributed by atoms with Gasteiger partial charge in [0.15, 0.2) is 0 Å². The van der Waals surface area contributed by atoms with Gasteiger partial charge >= 0.3 is 23.9 Å². The fourth-order valence-corrected chi connectivity index (χ4v) is 13.2. The smallest absolute Gasteiger partial charge is 0.347 e. The van der Waals surface area contributed by atoms with Crippen LogP contribution in [0.25, 0.3) is 0 Å². The highest BCUT2D eigenvalue weighted by atomic mass is 16.6. The zero-order valence-corrected chi connectivity index (χ0v) is 31.7. The molecular formula is C41H62O9. The maximum Gasteiger partial charge on any atom is 0.347 e. The van der Waals surface area contributed by atoms with Crippen LogP contribution >= 0.6 is 0 Å². The molecule has 0 aromatic carbocycles. The molecule has 9 aliphatic rings. The van der Waals surface area contributed by atoms with Crippen LogP contribution in [-0.2, 0) is 38.1 Å². The first kappa shape index (κ1) is 36.2. The number of rotatable bonds is 12. The highest BCUT2D eigenvalue weighted by Crippen LogP contribution is 2.65. The van der Waals surface area contributed by atoms with Gasteiger partial charge in [0.2, 0.25) is 6.10 Å². The third-order valence-corrected chi connectivity index (χ3v) is 15.0. The van der Waals surface area contributed by atoms with E-state index in [4.69, 9.17) is 18.9 Å². The Morgan fingerprint density at radius 2 is 1.32 bits per heavy atom. The second-order valence-corrected chi connectivity index (χ2v) is 20.4. The van der Waals surface area contributed by atoms with Crippen molar-refractivity contribution in [1.82, 2.24) is 0 Å². The lowest BCUT2D eigenvalue weighted by Crippen LogP contribution is -2.61. The number of esters is 4. The molecule has 9 heteroatoms. The summed E-state index contributed by atoms with van der Waals surface area (Å²) in [5.41, 5.74) is -5.70. The lowest BCUT2D eigenvalue weighted by Gasteiger charge is -2.61. The van der Waals surface area contributed by atoms with Crippen molar-refractivity contribution in [2.24, 2.45) is 51.2 Å². The average Bonchev–Trinajstić information content (AvgIpc) is 3.38. The lowest BCUT2D eigenvalue weighted by molar-refractivity contribution is -0.227. The van der Waals surface area contributed by atoms with Gasteiger partial charge < -0.3 is 24.1 Å². The average molecular weight is 699 g/mol. The van der Waals surface area contributed by atoms with Gasteiger partial charge in [0, 0.05) is 18.3 Å². The Bertz CT molecular complexity index is 1360. The normalized spacial score (nSPS) is 40.9. The Labute approximate surface area is 298 Å². The molecule has 1 saturated heterocycles. The van der Waals surface area contributed by atoms with Crippen molar-refractivity contribution in [3.63, 3.8) is 0 Å². The number of hydrogen-bond acceptors (Lipinski definition) is 9. The van der Waals surface area contributed by atoms with Gasteiger partial charge in [-0.25, -0.2) is 4.79 Å². The van der Waals surface area contributed by atoms with Crippen LogP contribution in [0.2, 0.25) is 0 Å². The van der Waals surface area contributed by atoms with Gasteiger partial charge in [-0.2, -0.15) is 0 Å². The van der Waals surface area contributed by atoms with Gasteiger partial charge in [-0.3, -0.25) is 14.4 Å². The van der Waals surface area contributed by atoms with E-state index in [2.05, 4.69) is 13.8 Å². The Balaban J connectivity index is 1.11. The highest BCUT2D eigenvalue weighted by molar-refractivity contribution is 5.85. The standard InChI is InChI=1S/C41H62O9/c1-8-37(6,34(45)50-41-20-28-14-29(21-41)19-40(46,18-28)24-41)23-38(7,33(44)48-30-9-10-47-31(30)42)22-35(2,3)32(43)49-36(4,5)39-15-25-11-26(16-39)13-27(12-25)17-39/h25-30,46H,8-24H2,1-7H3. The summed E-state index contributed by atoms with van der Waals surface area (Å²) in [6.45, 7) is 13.5. The van der Waals surface area contributed by atoms with Crippen molar-refractivity contribution < 1.29 is 43.2 Å². The first-order valence-corrected chi connectivity index (χ1v) is 19.8. The quantitative estimate of drug-likeness (QED) is 0.166. The van der Waals surface area contributed by atoms with Crippen LogP contribution in [0.15, 0.2) is 0 Å². The third-order valence-electron chi connectivity index (χ3n) is 15.0. The highest BCUT2D eigenvalue weighted by Gasteiger charge is 2.62. The van der Waals surface area contributed by atoms with Gasteiger partial charge in [0.05, 0.1) is 28.5 Å². The van der Waals surface area contributed by atoms with E-state index in [0.29, 0.717) is 42.4 Å². The summed E-state index contributed by atoms with van der Waals surface area (Å²) in [7, 11) is 0. The lowest BCUT2D eigenvalue weighted by atomic mass is 9.46. The van der Waals surface area contributed by atoms with E-state index in [0.717, 1.165) is 51.4 Å². The van der Waals surface area contributed by atoms with Crippen LogP contribution in [-0.4, -0.2) is 58.5 Å². The maximum atomic E-state index is 14.4. The molecule has 50 heavy (non-hydrogen) atoms. The predicted molar refractivity (Wildman–Crippen MR) is 184 cm³/mol. The monoisotopic (exact) mass is 698 g/mol. The van der Waals surface area contributed by atoms with Gasteiger partial charge in [0.1, 0.15) is 11.2 Å². The Kier molecular flexibility index (Phi) is 8.64. The van der Waals surface area contributed by atoms with Gasteiger partial charge in [-0.1, -0.05) is 6.92 Å². The molecule has 1 N–H and O–H groups in total. The summed E-state index contributed by atoms with van der Waals surface area (Å²) in [5.74, 6) is 0.883. The molecule has 8 saturated carbocycles. The molecule has 0 radical (unpaired) electrons. The number of ether oxygens (including phenoxy) is 4. The fourth-order valence-electron chi connectivity index (χ4n) is 13.2. The molecule has 1 aliphatic heterocycles. The molecule has 0 amide bonds.